The molecule has 2 aromatic carbocycles. The lowest BCUT2D eigenvalue weighted by Gasteiger charge is -2.16. The molecule has 0 fully saturated rings. The lowest BCUT2D eigenvalue weighted by molar-refractivity contribution is 0.318. The van der Waals surface area contributed by atoms with Crippen molar-refractivity contribution in [3.05, 3.63) is 65.5 Å². The molecule has 1 heterocycles. The van der Waals surface area contributed by atoms with Crippen LogP contribution in [0.25, 0.3) is 0 Å². The number of ether oxygens (including phenoxy) is 1. The molecule has 0 bridgehead atoms. The van der Waals surface area contributed by atoms with E-state index in [1.54, 1.807) is 12.1 Å². The molecule has 0 radical (unpaired) electrons. The number of fused-ring (bicyclic) bond motifs is 1. The largest absolute Gasteiger partial charge is 0.493 e. The summed E-state index contributed by atoms with van der Waals surface area (Å²) >= 11 is 0. The molecule has 2 N–H and O–H groups in total. The molecule has 0 saturated carbocycles. The summed E-state index contributed by atoms with van der Waals surface area (Å²) < 4.78 is 18.8. The number of hydrogen-bond donors (Lipinski definition) is 1. The maximum atomic E-state index is 13.2. The van der Waals surface area contributed by atoms with Gasteiger partial charge in [0.15, 0.2) is 0 Å². The summed E-state index contributed by atoms with van der Waals surface area (Å²) in [6, 6.07) is 14.8. The fourth-order valence-corrected chi connectivity index (χ4v) is 2.84. The Morgan fingerprint density at radius 2 is 2.05 bits per heavy atom. The van der Waals surface area contributed by atoms with Gasteiger partial charge in [-0.2, -0.15) is 0 Å². The fourth-order valence-electron chi connectivity index (χ4n) is 2.84. The first kappa shape index (κ1) is 13.1. The topological polar surface area (TPSA) is 35.2 Å². The van der Waals surface area contributed by atoms with Gasteiger partial charge in [0.25, 0.3) is 0 Å². The minimum atomic E-state index is -0.204. The second-order valence-electron chi connectivity index (χ2n) is 5.38. The van der Waals surface area contributed by atoms with Crippen molar-refractivity contribution in [2.75, 3.05) is 6.61 Å². The quantitative estimate of drug-likeness (QED) is 0.926. The minimum Gasteiger partial charge on any atom is -0.493 e. The average Bonchev–Trinajstić information content (AvgIpc) is 2.82. The zero-order valence-corrected chi connectivity index (χ0v) is 11.3. The van der Waals surface area contributed by atoms with E-state index in [1.165, 1.54) is 11.6 Å². The number of rotatable bonds is 4. The average molecular weight is 271 g/mol. The lowest BCUT2D eigenvalue weighted by atomic mass is 9.91. The summed E-state index contributed by atoms with van der Waals surface area (Å²) in [6.07, 6.45) is 1.55. The first-order valence-corrected chi connectivity index (χ1v) is 6.94. The van der Waals surface area contributed by atoms with E-state index in [-0.39, 0.29) is 11.9 Å². The summed E-state index contributed by atoms with van der Waals surface area (Å²) in [7, 11) is 0. The van der Waals surface area contributed by atoms with Crippen molar-refractivity contribution < 1.29 is 9.13 Å². The molecule has 2 nitrogen and oxygen atoms in total. The van der Waals surface area contributed by atoms with Crippen LogP contribution in [0.15, 0.2) is 48.5 Å². The molecule has 20 heavy (non-hydrogen) atoms. The van der Waals surface area contributed by atoms with E-state index in [2.05, 4.69) is 6.07 Å². The number of benzene rings is 2. The fraction of sp³-hybridized carbons (Fsp3) is 0.294. The maximum Gasteiger partial charge on any atom is 0.123 e. The van der Waals surface area contributed by atoms with E-state index >= 15 is 0 Å². The highest BCUT2D eigenvalue weighted by Gasteiger charge is 2.25. The van der Waals surface area contributed by atoms with Gasteiger partial charge in [-0.15, -0.1) is 0 Å². The van der Waals surface area contributed by atoms with Crippen LogP contribution in [0.1, 0.15) is 23.5 Å². The SMILES string of the molecule is NC(Cc1cccc(F)c1)CC1COc2ccccc21. The number of hydrogen-bond acceptors (Lipinski definition) is 2. The van der Waals surface area contributed by atoms with Crippen LogP contribution in [0, 0.1) is 5.82 Å². The lowest BCUT2D eigenvalue weighted by Crippen LogP contribution is -2.26. The monoisotopic (exact) mass is 271 g/mol. The van der Waals surface area contributed by atoms with Crippen LogP contribution < -0.4 is 10.5 Å². The zero-order chi connectivity index (χ0) is 13.9. The molecule has 2 atom stereocenters. The summed E-state index contributed by atoms with van der Waals surface area (Å²) in [5, 5.41) is 0. The van der Waals surface area contributed by atoms with E-state index in [0.29, 0.717) is 18.9 Å². The van der Waals surface area contributed by atoms with Crippen molar-refractivity contribution in [1.29, 1.82) is 0 Å². The van der Waals surface area contributed by atoms with Crippen LogP contribution in [-0.4, -0.2) is 12.6 Å². The third-order valence-electron chi connectivity index (χ3n) is 3.77. The Morgan fingerprint density at radius 3 is 2.90 bits per heavy atom. The molecule has 0 aliphatic carbocycles. The van der Waals surface area contributed by atoms with Gasteiger partial charge in [0.2, 0.25) is 0 Å². The zero-order valence-electron chi connectivity index (χ0n) is 11.3. The van der Waals surface area contributed by atoms with Crippen LogP contribution in [0.2, 0.25) is 0 Å². The van der Waals surface area contributed by atoms with Gasteiger partial charge >= 0.3 is 0 Å². The molecule has 1 aliphatic heterocycles. The number of para-hydroxylation sites is 1. The van der Waals surface area contributed by atoms with Crippen LogP contribution in [0.5, 0.6) is 5.75 Å². The summed E-state index contributed by atoms with van der Waals surface area (Å²) in [4.78, 5) is 0. The Hall–Kier alpha value is -1.87. The van der Waals surface area contributed by atoms with E-state index in [1.807, 2.05) is 24.3 Å². The first-order chi connectivity index (χ1) is 9.72. The molecule has 2 aromatic rings. The van der Waals surface area contributed by atoms with Crippen molar-refractivity contribution in [3.8, 4) is 5.75 Å². The molecule has 0 aromatic heterocycles. The highest BCUT2D eigenvalue weighted by atomic mass is 19.1. The van der Waals surface area contributed by atoms with Crippen molar-refractivity contribution in [3.63, 3.8) is 0 Å². The molecule has 104 valence electrons. The van der Waals surface area contributed by atoms with Gasteiger partial charge in [0.1, 0.15) is 11.6 Å². The van der Waals surface area contributed by atoms with Crippen molar-refractivity contribution in [2.24, 2.45) is 5.73 Å². The van der Waals surface area contributed by atoms with Gasteiger partial charge in [-0.25, -0.2) is 4.39 Å². The first-order valence-electron chi connectivity index (χ1n) is 6.94. The third-order valence-corrected chi connectivity index (χ3v) is 3.77. The molecular weight excluding hydrogens is 253 g/mol. The van der Waals surface area contributed by atoms with E-state index in [0.717, 1.165) is 17.7 Å². The van der Waals surface area contributed by atoms with Gasteiger partial charge in [-0.05, 0) is 36.6 Å². The summed E-state index contributed by atoms with van der Waals surface area (Å²) in [5.41, 5.74) is 8.40. The van der Waals surface area contributed by atoms with Gasteiger partial charge in [-0.1, -0.05) is 30.3 Å². The molecule has 0 saturated heterocycles. The second-order valence-corrected chi connectivity index (χ2v) is 5.38. The minimum absolute atomic E-state index is 0.0107. The van der Waals surface area contributed by atoms with E-state index in [4.69, 9.17) is 10.5 Å². The number of nitrogens with two attached hydrogens (primary N) is 1. The molecule has 2 unspecified atom stereocenters. The normalized spacial score (nSPS) is 18.4. The van der Waals surface area contributed by atoms with E-state index < -0.39 is 0 Å². The summed E-state index contributed by atoms with van der Waals surface area (Å²) in [6.45, 7) is 0.691. The van der Waals surface area contributed by atoms with Gasteiger partial charge in [0.05, 0.1) is 6.61 Å². The van der Waals surface area contributed by atoms with Crippen LogP contribution in [0.3, 0.4) is 0 Å². The van der Waals surface area contributed by atoms with Crippen molar-refractivity contribution in [1.82, 2.24) is 0 Å². The highest BCUT2D eigenvalue weighted by Crippen LogP contribution is 2.36. The van der Waals surface area contributed by atoms with Crippen LogP contribution >= 0.6 is 0 Å². The Balaban J connectivity index is 1.64. The van der Waals surface area contributed by atoms with Gasteiger partial charge < -0.3 is 10.5 Å². The molecular formula is C17H18FNO. The van der Waals surface area contributed by atoms with Crippen LogP contribution in [0.4, 0.5) is 4.39 Å². The standard InChI is InChI=1S/C17H18FNO/c18-14-5-3-4-12(8-14)9-15(19)10-13-11-20-17-7-2-1-6-16(13)17/h1-8,13,15H,9-11,19H2. The van der Waals surface area contributed by atoms with Gasteiger partial charge in [-0.3, -0.25) is 0 Å². The van der Waals surface area contributed by atoms with Crippen molar-refractivity contribution in [2.45, 2.75) is 24.8 Å². The molecule has 0 amide bonds. The Morgan fingerprint density at radius 1 is 1.20 bits per heavy atom. The highest BCUT2D eigenvalue weighted by molar-refractivity contribution is 5.39. The molecule has 1 aliphatic rings. The van der Waals surface area contributed by atoms with Crippen LogP contribution in [-0.2, 0) is 6.42 Å². The maximum absolute atomic E-state index is 13.2. The van der Waals surface area contributed by atoms with Gasteiger partial charge in [0, 0.05) is 17.5 Å². The predicted octanol–water partition coefficient (Wildman–Crippen LogP) is 3.26. The Labute approximate surface area is 118 Å². The smallest absolute Gasteiger partial charge is 0.123 e. The van der Waals surface area contributed by atoms with Crippen molar-refractivity contribution >= 4 is 0 Å². The molecule has 0 spiro atoms. The summed E-state index contributed by atoms with van der Waals surface area (Å²) in [5.74, 6) is 1.11. The Bertz CT molecular complexity index is 599. The van der Waals surface area contributed by atoms with E-state index in [9.17, 15) is 4.39 Å². The third kappa shape index (κ3) is 2.83. The Kier molecular flexibility index (Phi) is 3.70. The molecule has 3 rings (SSSR count). The molecule has 3 heteroatoms. The predicted molar refractivity (Wildman–Crippen MR) is 77.4 cm³/mol. The number of halogens is 1. The second kappa shape index (κ2) is 5.63.